The first-order valence-corrected chi connectivity index (χ1v) is 9.69. The van der Waals surface area contributed by atoms with E-state index in [1.165, 1.54) is 17.2 Å². The van der Waals surface area contributed by atoms with Crippen LogP contribution >= 0.6 is 0 Å². The Morgan fingerprint density at radius 3 is 2.22 bits per heavy atom. The first-order chi connectivity index (χ1) is 12.6. The van der Waals surface area contributed by atoms with Gasteiger partial charge < -0.3 is 4.74 Å². The zero-order valence-electron chi connectivity index (χ0n) is 17.2. The van der Waals surface area contributed by atoms with Gasteiger partial charge in [0.15, 0.2) is 6.29 Å². The van der Waals surface area contributed by atoms with Crippen molar-refractivity contribution in [2.45, 2.75) is 65.2 Å². The lowest BCUT2D eigenvalue weighted by Gasteiger charge is -2.42. The minimum atomic E-state index is -0.508. The van der Waals surface area contributed by atoms with Crippen LogP contribution in [0.1, 0.15) is 74.5 Å². The fourth-order valence-corrected chi connectivity index (χ4v) is 4.18. The molecule has 1 aliphatic carbocycles. The monoisotopic (exact) mass is 368 g/mol. The Morgan fingerprint density at radius 2 is 1.67 bits per heavy atom. The van der Waals surface area contributed by atoms with E-state index in [-0.39, 0.29) is 16.4 Å². The molecule has 3 heteroatoms. The molecule has 27 heavy (non-hydrogen) atoms. The number of hydrogen-bond acceptors (Lipinski definition) is 2. The molecule has 144 valence electrons. The molecule has 2 aromatic rings. The van der Waals surface area contributed by atoms with E-state index in [0.29, 0.717) is 24.2 Å². The summed E-state index contributed by atoms with van der Waals surface area (Å²) < 4.78 is 20.9. The summed E-state index contributed by atoms with van der Waals surface area (Å²) >= 11 is 0. The van der Waals surface area contributed by atoms with Gasteiger partial charge in [0.2, 0.25) is 0 Å². The standard InChI is InChI=1S/C24H29FO2/c1-7-27-20-9-8-16(14-26)22(25)21(20)17-13-19-18(12-15(17)2)23(3,4)10-11-24(19,5)6/h8-9,12-14H,7,10-11H2,1-6H3. The van der Waals surface area contributed by atoms with E-state index in [2.05, 4.69) is 39.8 Å². The summed E-state index contributed by atoms with van der Waals surface area (Å²) in [6, 6.07) is 7.51. The lowest BCUT2D eigenvalue weighted by molar-refractivity contribution is 0.112. The number of hydrogen-bond donors (Lipinski definition) is 0. The summed E-state index contributed by atoms with van der Waals surface area (Å²) in [5.74, 6) is -0.0246. The van der Waals surface area contributed by atoms with E-state index in [0.717, 1.165) is 24.0 Å². The molecule has 0 aliphatic heterocycles. The molecule has 0 aromatic heterocycles. The summed E-state index contributed by atoms with van der Waals surface area (Å²) in [5.41, 5.74) is 4.98. The fraction of sp³-hybridized carbons (Fsp3) is 0.458. The molecule has 1 aliphatic rings. The van der Waals surface area contributed by atoms with Crippen molar-refractivity contribution < 1.29 is 13.9 Å². The normalized spacial score (nSPS) is 17.3. The maximum absolute atomic E-state index is 15.2. The second-order valence-electron chi connectivity index (χ2n) is 8.87. The summed E-state index contributed by atoms with van der Waals surface area (Å²) in [5, 5.41) is 0. The molecule has 0 saturated carbocycles. The minimum absolute atomic E-state index is 0.0256. The largest absolute Gasteiger partial charge is 0.493 e. The highest BCUT2D eigenvalue weighted by Gasteiger charge is 2.37. The number of ether oxygens (including phenoxy) is 1. The first-order valence-electron chi connectivity index (χ1n) is 9.69. The fourth-order valence-electron chi connectivity index (χ4n) is 4.18. The van der Waals surface area contributed by atoms with Crippen LogP contribution in [0.3, 0.4) is 0 Å². The van der Waals surface area contributed by atoms with Crippen LogP contribution in [0.5, 0.6) is 5.75 Å². The molecule has 0 atom stereocenters. The number of fused-ring (bicyclic) bond motifs is 1. The highest BCUT2D eigenvalue weighted by molar-refractivity contribution is 5.84. The van der Waals surface area contributed by atoms with Gasteiger partial charge in [-0.2, -0.15) is 0 Å². The van der Waals surface area contributed by atoms with Crippen molar-refractivity contribution in [1.82, 2.24) is 0 Å². The van der Waals surface area contributed by atoms with E-state index in [1.807, 2.05) is 13.8 Å². The Bertz CT molecular complexity index is 894. The van der Waals surface area contributed by atoms with Crippen LogP contribution in [0, 0.1) is 12.7 Å². The van der Waals surface area contributed by atoms with Crippen molar-refractivity contribution >= 4 is 6.29 Å². The van der Waals surface area contributed by atoms with Crippen LogP contribution in [0.15, 0.2) is 24.3 Å². The Labute approximate surface area is 161 Å². The van der Waals surface area contributed by atoms with Gasteiger partial charge in [0.1, 0.15) is 11.6 Å². The van der Waals surface area contributed by atoms with Crippen LogP contribution < -0.4 is 4.74 Å². The third kappa shape index (κ3) is 3.28. The quantitative estimate of drug-likeness (QED) is 0.587. The minimum Gasteiger partial charge on any atom is -0.493 e. The molecular weight excluding hydrogens is 339 g/mol. The molecule has 3 rings (SSSR count). The van der Waals surface area contributed by atoms with Crippen LogP contribution in [-0.2, 0) is 10.8 Å². The van der Waals surface area contributed by atoms with Crippen LogP contribution in [0.25, 0.3) is 11.1 Å². The SMILES string of the molecule is CCOc1ccc(C=O)c(F)c1-c1cc2c(cc1C)C(C)(C)CCC2(C)C. The molecule has 2 nitrogen and oxygen atoms in total. The summed E-state index contributed by atoms with van der Waals surface area (Å²) in [6.45, 7) is 13.4. The predicted octanol–water partition coefficient (Wildman–Crippen LogP) is 6.36. The van der Waals surface area contributed by atoms with Crippen molar-refractivity contribution in [3.8, 4) is 16.9 Å². The third-order valence-corrected chi connectivity index (χ3v) is 6.03. The number of carbonyl (C=O) groups excluding carboxylic acids is 1. The molecule has 0 saturated heterocycles. The molecule has 0 unspecified atom stereocenters. The van der Waals surface area contributed by atoms with E-state index in [9.17, 15) is 4.79 Å². The Balaban J connectivity index is 2.33. The van der Waals surface area contributed by atoms with E-state index in [4.69, 9.17) is 4.74 Å². The molecule has 0 spiro atoms. The van der Waals surface area contributed by atoms with Gasteiger partial charge in [-0.1, -0.05) is 33.8 Å². The van der Waals surface area contributed by atoms with Crippen molar-refractivity contribution in [2.75, 3.05) is 6.61 Å². The number of aldehydes is 1. The third-order valence-electron chi connectivity index (χ3n) is 6.03. The van der Waals surface area contributed by atoms with Crippen molar-refractivity contribution in [3.63, 3.8) is 0 Å². The average Bonchev–Trinajstić information content (AvgIpc) is 2.60. The molecule has 0 N–H and O–H groups in total. The van der Waals surface area contributed by atoms with Crippen LogP contribution in [0.4, 0.5) is 4.39 Å². The molecule has 0 amide bonds. The van der Waals surface area contributed by atoms with Crippen LogP contribution in [-0.4, -0.2) is 12.9 Å². The molecular formula is C24H29FO2. The number of benzene rings is 2. The first kappa shape index (κ1) is 19.6. The molecule has 0 bridgehead atoms. The molecule has 2 aromatic carbocycles. The van der Waals surface area contributed by atoms with Gasteiger partial charge in [-0.05, 0) is 78.0 Å². The maximum atomic E-state index is 15.2. The summed E-state index contributed by atoms with van der Waals surface area (Å²) in [6.07, 6.45) is 2.78. The van der Waals surface area contributed by atoms with Crippen molar-refractivity contribution in [3.05, 3.63) is 52.3 Å². The van der Waals surface area contributed by atoms with Crippen molar-refractivity contribution in [2.24, 2.45) is 0 Å². The molecule has 0 radical (unpaired) electrons. The highest BCUT2D eigenvalue weighted by atomic mass is 19.1. The van der Waals surface area contributed by atoms with Gasteiger partial charge in [-0.3, -0.25) is 4.79 Å². The molecule has 0 heterocycles. The number of aryl methyl sites for hydroxylation is 1. The highest BCUT2D eigenvalue weighted by Crippen LogP contribution is 2.48. The lowest BCUT2D eigenvalue weighted by Crippen LogP contribution is -2.34. The van der Waals surface area contributed by atoms with Gasteiger partial charge in [-0.25, -0.2) is 4.39 Å². The lowest BCUT2D eigenvalue weighted by atomic mass is 9.62. The number of halogens is 1. The number of rotatable bonds is 4. The topological polar surface area (TPSA) is 26.3 Å². The van der Waals surface area contributed by atoms with Gasteiger partial charge >= 0.3 is 0 Å². The maximum Gasteiger partial charge on any atom is 0.153 e. The van der Waals surface area contributed by atoms with Crippen LogP contribution in [0.2, 0.25) is 0 Å². The number of carbonyl (C=O) groups is 1. The van der Waals surface area contributed by atoms with Gasteiger partial charge in [0, 0.05) is 0 Å². The van der Waals surface area contributed by atoms with Crippen molar-refractivity contribution in [1.29, 1.82) is 0 Å². The predicted molar refractivity (Wildman–Crippen MR) is 108 cm³/mol. The summed E-state index contributed by atoms with van der Waals surface area (Å²) in [7, 11) is 0. The van der Waals surface area contributed by atoms with Gasteiger partial charge in [-0.15, -0.1) is 0 Å². The Morgan fingerprint density at radius 1 is 1.07 bits per heavy atom. The van der Waals surface area contributed by atoms with E-state index in [1.54, 1.807) is 6.07 Å². The smallest absolute Gasteiger partial charge is 0.153 e. The van der Waals surface area contributed by atoms with Gasteiger partial charge in [0.05, 0.1) is 17.7 Å². The van der Waals surface area contributed by atoms with E-state index < -0.39 is 5.82 Å². The Hall–Kier alpha value is -2.16. The second-order valence-corrected chi connectivity index (χ2v) is 8.87. The molecule has 0 fully saturated rings. The van der Waals surface area contributed by atoms with E-state index >= 15 is 4.39 Å². The zero-order valence-corrected chi connectivity index (χ0v) is 17.2. The second kappa shape index (κ2) is 6.78. The Kier molecular flexibility index (Phi) is 4.92. The zero-order chi connectivity index (χ0) is 20.0. The summed E-state index contributed by atoms with van der Waals surface area (Å²) in [4.78, 5) is 11.3. The van der Waals surface area contributed by atoms with Gasteiger partial charge in [0.25, 0.3) is 0 Å². The average molecular weight is 368 g/mol.